The van der Waals surface area contributed by atoms with E-state index in [0.29, 0.717) is 10.6 Å². The number of aryl methyl sites for hydroxylation is 1. The number of hydrogen-bond acceptors (Lipinski definition) is 4. The zero-order chi connectivity index (χ0) is 15.7. The maximum Gasteiger partial charge on any atom is 0.279 e. The summed E-state index contributed by atoms with van der Waals surface area (Å²) < 4.78 is 0. The number of carbonyl (C=O) groups excluding carboxylic acids is 2. The van der Waals surface area contributed by atoms with Crippen molar-refractivity contribution in [3.05, 3.63) is 57.8 Å². The fourth-order valence-electron chi connectivity index (χ4n) is 2.38. The van der Waals surface area contributed by atoms with Crippen LogP contribution in [0.4, 0.5) is 0 Å². The Kier molecular flexibility index (Phi) is 3.97. The average molecular weight is 332 g/mol. The summed E-state index contributed by atoms with van der Waals surface area (Å²) in [6, 6.07) is 11.6. The van der Waals surface area contributed by atoms with E-state index in [1.165, 1.54) is 28.1 Å². The normalized spacial score (nSPS) is 21.2. The Morgan fingerprint density at radius 1 is 1.27 bits per heavy atom. The molecule has 0 aliphatic carbocycles. The first kappa shape index (κ1) is 15.1. The van der Waals surface area contributed by atoms with Crippen LogP contribution in [0.1, 0.15) is 27.7 Å². The summed E-state index contributed by atoms with van der Waals surface area (Å²) in [5, 5.41) is 3.30. The summed E-state index contributed by atoms with van der Waals surface area (Å²) in [5.41, 5.74) is 4.93. The van der Waals surface area contributed by atoms with Crippen LogP contribution in [0, 0.1) is 6.92 Å². The SMILES string of the molecule is Cc1ccc(C2(C)SCC(=O)N2NC(=O)c2cccs2)cc1. The molecule has 3 rings (SSSR count). The lowest BCUT2D eigenvalue weighted by atomic mass is 10.1. The Hall–Kier alpha value is -1.79. The molecule has 1 atom stereocenters. The maximum atomic E-state index is 12.3. The van der Waals surface area contributed by atoms with Crippen molar-refractivity contribution in [2.45, 2.75) is 18.7 Å². The second-order valence-electron chi connectivity index (χ2n) is 5.28. The van der Waals surface area contributed by atoms with Crippen molar-refractivity contribution in [2.75, 3.05) is 5.75 Å². The summed E-state index contributed by atoms with van der Waals surface area (Å²) in [5.74, 6) is 0.0249. The van der Waals surface area contributed by atoms with Crippen LogP contribution in [0.3, 0.4) is 0 Å². The number of amides is 2. The van der Waals surface area contributed by atoms with Crippen LogP contribution in [0.25, 0.3) is 0 Å². The van der Waals surface area contributed by atoms with Crippen molar-refractivity contribution >= 4 is 34.9 Å². The smallest absolute Gasteiger partial charge is 0.272 e. The number of thioether (sulfide) groups is 1. The van der Waals surface area contributed by atoms with E-state index in [9.17, 15) is 9.59 Å². The monoisotopic (exact) mass is 332 g/mol. The number of hydrazine groups is 1. The number of nitrogens with one attached hydrogen (secondary N) is 1. The largest absolute Gasteiger partial charge is 0.279 e. The first-order valence-corrected chi connectivity index (χ1v) is 8.76. The predicted molar refractivity (Wildman–Crippen MR) is 89.6 cm³/mol. The van der Waals surface area contributed by atoms with Gasteiger partial charge in [-0.05, 0) is 30.9 Å². The maximum absolute atomic E-state index is 12.3. The Labute approximate surface area is 137 Å². The Morgan fingerprint density at radius 3 is 2.64 bits per heavy atom. The van der Waals surface area contributed by atoms with E-state index in [1.54, 1.807) is 6.07 Å². The number of nitrogens with zero attached hydrogens (tertiary/aromatic N) is 1. The molecule has 0 radical (unpaired) electrons. The molecule has 0 spiro atoms. The van der Waals surface area contributed by atoms with Crippen LogP contribution in [0.15, 0.2) is 41.8 Å². The second-order valence-corrected chi connectivity index (χ2v) is 7.60. The minimum absolute atomic E-state index is 0.0852. The summed E-state index contributed by atoms with van der Waals surface area (Å²) in [6.07, 6.45) is 0. The van der Waals surface area contributed by atoms with Crippen molar-refractivity contribution in [1.82, 2.24) is 10.4 Å². The molecule has 1 aliphatic rings. The summed E-state index contributed by atoms with van der Waals surface area (Å²) in [7, 11) is 0. The Bertz CT molecular complexity index is 697. The fourth-order valence-corrected chi connectivity index (χ4v) is 4.10. The van der Waals surface area contributed by atoms with E-state index < -0.39 is 4.87 Å². The van der Waals surface area contributed by atoms with Crippen molar-refractivity contribution in [3.8, 4) is 0 Å². The molecule has 4 nitrogen and oxygen atoms in total. The summed E-state index contributed by atoms with van der Waals surface area (Å²) in [4.78, 5) is 24.5. The van der Waals surface area contributed by atoms with E-state index in [2.05, 4.69) is 5.43 Å². The van der Waals surface area contributed by atoms with Crippen LogP contribution in [-0.2, 0) is 9.67 Å². The lowest BCUT2D eigenvalue weighted by Gasteiger charge is -2.34. The highest BCUT2D eigenvalue weighted by Gasteiger charge is 2.45. The molecular formula is C16H16N2O2S2. The molecule has 2 aromatic rings. The van der Waals surface area contributed by atoms with Crippen LogP contribution >= 0.6 is 23.1 Å². The van der Waals surface area contributed by atoms with E-state index in [0.717, 1.165) is 11.1 Å². The molecule has 2 amide bonds. The zero-order valence-electron chi connectivity index (χ0n) is 12.3. The van der Waals surface area contributed by atoms with Gasteiger partial charge in [0, 0.05) is 0 Å². The van der Waals surface area contributed by atoms with E-state index in [1.807, 2.05) is 49.6 Å². The minimum atomic E-state index is -0.586. The first-order valence-electron chi connectivity index (χ1n) is 6.89. The molecular weight excluding hydrogens is 316 g/mol. The highest BCUT2D eigenvalue weighted by Crippen LogP contribution is 2.43. The fraction of sp³-hybridized carbons (Fsp3) is 0.250. The lowest BCUT2D eigenvalue weighted by molar-refractivity contribution is -0.132. The van der Waals surface area contributed by atoms with Crippen LogP contribution in [-0.4, -0.2) is 22.6 Å². The number of carbonyl (C=O) groups is 2. The summed E-state index contributed by atoms with van der Waals surface area (Å²) >= 11 is 2.88. The van der Waals surface area contributed by atoms with Gasteiger partial charge in [0.15, 0.2) is 0 Å². The molecule has 1 saturated heterocycles. The third-order valence-electron chi connectivity index (χ3n) is 3.70. The lowest BCUT2D eigenvalue weighted by Crippen LogP contribution is -2.51. The molecule has 1 N–H and O–H groups in total. The molecule has 6 heteroatoms. The number of rotatable bonds is 3. The summed E-state index contributed by atoms with van der Waals surface area (Å²) in [6.45, 7) is 3.98. The van der Waals surface area contributed by atoms with Gasteiger partial charge in [-0.2, -0.15) is 0 Å². The van der Waals surface area contributed by atoms with Crippen LogP contribution in [0.2, 0.25) is 0 Å². The molecule has 1 aromatic heterocycles. The van der Waals surface area contributed by atoms with Crippen LogP contribution in [0.5, 0.6) is 0 Å². The molecule has 0 bridgehead atoms. The van der Waals surface area contributed by atoms with Gasteiger partial charge in [0.2, 0.25) is 0 Å². The van der Waals surface area contributed by atoms with Crippen molar-refractivity contribution in [3.63, 3.8) is 0 Å². The third kappa shape index (κ3) is 2.64. The van der Waals surface area contributed by atoms with Gasteiger partial charge in [0.05, 0.1) is 10.6 Å². The van der Waals surface area contributed by atoms with E-state index in [-0.39, 0.29) is 11.8 Å². The molecule has 1 unspecified atom stereocenters. The molecule has 1 aromatic carbocycles. The average Bonchev–Trinajstić information content (AvgIpc) is 3.12. The van der Waals surface area contributed by atoms with E-state index in [4.69, 9.17) is 0 Å². The molecule has 0 saturated carbocycles. The highest BCUT2D eigenvalue weighted by atomic mass is 32.2. The van der Waals surface area contributed by atoms with Gasteiger partial charge in [-0.3, -0.25) is 15.0 Å². The molecule has 114 valence electrons. The predicted octanol–water partition coefficient (Wildman–Crippen LogP) is 3.15. The minimum Gasteiger partial charge on any atom is -0.272 e. The second kappa shape index (κ2) is 5.78. The highest BCUT2D eigenvalue weighted by molar-refractivity contribution is 8.01. The van der Waals surface area contributed by atoms with Gasteiger partial charge in [-0.1, -0.05) is 35.9 Å². The molecule has 1 fully saturated rings. The standard InChI is InChI=1S/C16H16N2O2S2/c1-11-5-7-12(8-6-11)16(2)18(14(19)10-22-16)17-15(20)13-4-3-9-21-13/h3-9H,10H2,1-2H3,(H,17,20). The zero-order valence-corrected chi connectivity index (χ0v) is 14.0. The van der Waals surface area contributed by atoms with Crippen molar-refractivity contribution in [1.29, 1.82) is 0 Å². The topological polar surface area (TPSA) is 49.4 Å². The van der Waals surface area contributed by atoms with Crippen LogP contribution < -0.4 is 5.43 Å². The molecule has 22 heavy (non-hydrogen) atoms. The van der Waals surface area contributed by atoms with Gasteiger partial charge in [-0.25, -0.2) is 5.01 Å². The quantitative estimate of drug-likeness (QED) is 0.939. The van der Waals surface area contributed by atoms with E-state index >= 15 is 0 Å². The molecule has 2 heterocycles. The molecule has 1 aliphatic heterocycles. The van der Waals surface area contributed by atoms with Gasteiger partial charge in [-0.15, -0.1) is 23.1 Å². The number of benzene rings is 1. The van der Waals surface area contributed by atoms with Gasteiger partial charge in [0.1, 0.15) is 4.87 Å². The Morgan fingerprint density at radius 2 is 2.00 bits per heavy atom. The van der Waals surface area contributed by atoms with Crippen molar-refractivity contribution in [2.24, 2.45) is 0 Å². The number of thiophene rings is 1. The van der Waals surface area contributed by atoms with Gasteiger partial charge >= 0.3 is 0 Å². The Balaban J connectivity index is 1.88. The number of hydrogen-bond donors (Lipinski definition) is 1. The van der Waals surface area contributed by atoms with Gasteiger partial charge in [0.25, 0.3) is 11.8 Å². The first-order chi connectivity index (χ1) is 10.5. The third-order valence-corrected chi connectivity index (χ3v) is 5.94. The van der Waals surface area contributed by atoms with Crippen molar-refractivity contribution < 1.29 is 9.59 Å². The van der Waals surface area contributed by atoms with Gasteiger partial charge < -0.3 is 0 Å².